The largest absolute Gasteiger partial charge is 0.457 e. The van der Waals surface area contributed by atoms with Gasteiger partial charge >= 0.3 is 0 Å². The average molecular weight is 465 g/mol. The molecular formula is C24H17ClN2O4S. The third-order valence-corrected chi connectivity index (χ3v) is 5.77. The number of nitrogens with one attached hydrogen (secondary N) is 1. The highest BCUT2D eigenvalue weighted by molar-refractivity contribution is 7.80. The van der Waals surface area contributed by atoms with Crippen LogP contribution in [0.3, 0.4) is 0 Å². The zero-order valence-electron chi connectivity index (χ0n) is 17.1. The third-order valence-electron chi connectivity index (χ3n) is 5.07. The number of nitrogens with zero attached hydrogens (tertiary/aromatic N) is 1. The molecule has 1 aromatic heterocycles. The standard InChI is InChI=1S/C24H17ClN2O4S/c1-13-19(25)4-3-5-20(13)27-23(30)18(22(29)26-24(27)32)12-17-10-11-21(31-17)16-8-6-15(7-9-16)14(2)28/h3-12H,1-2H3,(H,26,29,32)/b18-12+. The Bertz CT molecular complexity index is 1310. The molecule has 8 heteroatoms. The van der Waals surface area contributed by atoms with E-state index in [1.54, 1.807) is 61.5 Å². The topological polar surface area (TPSA) is 79.6 Å². The fraction of sp³-hybridized carbons (Fsp3) is 0.0833. The Kier molecular flexibility index (Phi) is 5.78. The summed E-state index contributed by atoms with van der Waals surface area (Å²) >= 11 is 11.4. The first-order valence-electron chi connectivity index (χ1n) is 9.64. The first kappa shape index (κ1) is 21.7. The molecule has 0 aliphatic carbocycles. The summed E-state index contributed by atoms with van der Waals surface area (Å²) in [6.45, 7) is 3.27. The van der Waals surface area contributed by atoms with Crippen molar-refractivity contribution < 1.29 is 18.8 Å². The molecule has 2 heterocycles. The van der Waals surface area contributed by atoms with E-state index >= 15 is 0 Å². The summed E-state index contributed by atoms with van der Waals surface area (Å²) in [5, 5.41) is 3.00. The van der Waals surface area contributed by atoms with Crippen molar-refractivity contribution in [3.8, 4) is 11.3 Å². The van der Waals surface area contributed by atoms with Crippen molar-refractivity contribution in [2.24, 2.45) is 0 Å². The van der Waals surface area contributed by atoms with Gasteiger partial charge in [0.15, 0.2) is 10.9 Å². The number of furan rings is 1. The minimum Gasteiger partial charge on any atom is -0.457 e. The van der Waals surface area contributed by atoms with Crippen LogP contribution in [0.1, 0.15) is 28.6 Å². The highest BCUT2D eigenvalue weighted by Crippen LogP contribution is 2.30. The van der Waals surface area contributed by atoms with Gasteiger partial charge in [-0.05, 0) is 62.0 Å². The molecule has 4 rings (SSSR count). The normalized spacial score (nSPS) is 15.3. The Morgan fingerprint density at radius 2 is 1.81 bits per heavy atom. The smallest absolute Gasteiger partial charge is 0.270 e. The second-order valence-corrected chi connectivity index (χ2v) is 7.97. The van der Waals surface area contributed by atoms with Crippen molar-refractivity contribution in [1.29, 1.82) is 0 Å². The lowest BCUT2D eigenvalue weighted by molar-refractivity contribution is -0.122. The molecule has 2 amide bonds. The van der Waals surface area contributed by atoms with E-state index in [4.69, 9.17) is 28.2 Å². The number of rotatable bonds is 4. The van der Waals surface area contributed by atoms with Gasteiger partial charge in [-0.2, -0.15) is 0 Å². The van der Waals surface area contributed by atoms with Gasteiger partial charge in [-0.15, -0.1) is 0 Å². The molecule has 6 nitrogen and oxygen atoms in total. The summed E-state index contributed by atoms with van der Waals surface area (Å²) in [5.74, 6) is -0.355. The van der Waals surface area contributed by atoms with Crippen LogP contribution in [0.5, 0.6) is 0 Å². The summed E-state index contributed by atoms with van der Waals surface area (Å²) in [7, 11) is 0. The van der Waals surface area contributed by atoms with Crippen LogP contribution in [0.4, 0.5) is 5.69 Å². The summed E-state index contributed by atoms with van der Waals surface area (Å²) in [5.41, 5.74) is 2.39. The molecule has 0 unspecified atom stereocenters. The van der Waals surface area contributed by atoms with Gasteiger partial charge in [0.25, 0.3) is 11.8 Å². The van der Waals surface area contributed by atoms with Gasteiger partial charge in [0.1, 0.15) is 17.1 Å². The number of carbonyl (C=O) groups excluding carboxylic acids is 3. The maximum atomic E-state index is 13.2. The lowest BCUT2D eigenvalue weighted by Crippen LogP contribution is -2.54. The Morgan fingerprint density at radius 1 is 1.09 bits per heavy atom. The molecule has 1 aliphatic heterocycles. The van der Waals surface area contributed by atoms with Crippen LogP contribution in [0.15, 0.2) is 64.6 Å². The van der Waals surface area contributed by atoms with Crippen molar-refractivity contribution in [3.05, 3.63) is 82.1 Å². The Labute approximate surface area is 194 Å². The van der Waals surface area contributed by atoms with Crippen molar-refractivity contribution in [3.63, 3.8) is 0 Å². The molecule has 0 saturated carbocycles. The Balaban J connectivity index is 1.67. The van der Waals surface area contributed by atoms with Crippen molar-refractivity contribution >= 4 is 58.3 Å². The highest BCUT2D eigenvalue weighted by atomic mass is 35.5. The highest BCUT2D eigenvalue weighted by Gasteiger charge is 2.35. The SMILES string of the molecule is CC(=O)c1ccc(-c2ccc(/C=C3\C(=O)NC(=S)N(c4cccc(Cl)c4C)C3=O)o2)cc1. The number of hydrogen-bond acceptors (Lipinski definition) is 5. The minimum absolute atomic E-state index is 0.0202. The molecule has 32 heavy (non-hydrogen) atoms. The molecule has 0 atom stereocenters. The maximum absolute atomic E-state index is 13.2. The van der Waals surface area contributed by atoms with Crippen molar-refractivity contribution in [1.82, 2.24) is 5.32 Å². The van der Waals surface area contributed by atoms with E-state index in [9.17, 15) is 14.4 Å². The molecule has 0 spiro atoms. The van der Waals surface area contributed by atoms with E-state index in [0.717, 1.165) is 5.56 Å². The predicted molar refractivity (Wildman–Crippen MR) is 127 cm³/mol. The van der Waals surface area contributed by atoms with Crippen LogP contribution in [-0.2, 0) is 9.59 Å². The molecule has 0 radical (unpaired) electrons. The zero-order chi connectivity index (χ0) is 23.0. The lowest BCUT2D eigenvalue weighted by Gasteiger charge is -2.30. The van der Waals surface area contributed by atoms with Gasteiger partial charge in [0.05, 0.1) is 5.69 Å². The van der Waals surface area contributed by atoms with E-state index in [1.165, 1.54) is 17.9 Å². The van der Waals surface area contributed by atoms with Gasteiger partial charge in [0, 0.05) is 16.1 Å². The number of halogens is 1. The predicted octanol–water partition coefficient (Wildman–Crippen LogP) is 4.94. The average Bonchev–Trinajstić information content (AvgIpc) is 3.23. The molecule has 1 fully saturated rings. The van der Waals surface area contributed by atoms with Gasteiger partial charge in [-0.1, -0.05) is 41.9 Å². The second-order valence-electron chi connectivity index (χ2n) is 7.18. The second kappa shape index (κ2) is 8.53. The molecule has 1 N–H and O–H groups in total. The molecule has 0 bridgehead atoms. The summed E-state index contributed by atoms with van der Waals surface area (Å²) in [6, 6.07) is 15.5. The van der Waals surface area contributed by atoms with E-state index < -0.39 is 11.8 Å². The van der Waals surface area contributed by atoms with E-state index in [1.807, 2.05) is 0 Å². The molecule has 3 aromatic rings. The maximum Gasteiger partial charge on any atom is 0.270 e. The fourth-order valence-electron chi connectivity index (χ4n) is 3.31. The van der Waals surface area contributed by atoms with Gasteiger partial charge in [-0.25, -0.2) is 0 Å². The first-order chi connectivity index (χ1) is 15.3. The number of Topliss-reactive ketones (excluding diaryl/α,β-unsaturated/α-hetero) is 1. The van der Waals surface area contributed by atoms with E-state index in [-0.39, 0.29) is 16.5 Å². The van der Waals surface area contributed by atoms with Gasteiger partial charge < -0.3 is 4.42 Å². The fourth-order valence-corrected chi connectivity index (χ4v) is 3.76. The Morgan fingerprint density at radius 3 is 2.50 bits per heavy atom. The molecule has 2 aromatic carbocycles. The monoisotopic (exact) mass is 464 g/mol. The van der Waals surface area contributed by atoms with Gasteiger partial charge in [0.2, 0.25) is 0 Å². The third kappa shape index (κ3) is 4.00. The minimum atomic E-state index is -0.611. The summed E-state index contributed by atoms with van der Waals surface area (Å²) < 4.78 is 5.81. The van der Waals surface area contributed by atoms with Gasteiger partial charge in [-0.3, -0.25) is 24.6 Å². The van der Waals surface area contributed by atoms with Crippen LogP contribution in [0.25, 0.3) is 17.4 Å². The van der Waals surface area contributed by atoms with Crippen molar-refractivity contribution in [2.75, 3.05) is 4.90 Å². The van der Waals surface area contributed by atoms with Crippen LogP contribution in [0, 0.1) is 6.92 Å². The summed E-state index contributed by atoms with van der Waals surface area (Å²) in [4.78, 5) is 38.4. The summed E-state index contributed by atoms with van der Waals surface area (Å²) in [6.07, 6.45) is 1.37. The number of anilines is 1. The molecular weight excluding hydrogens is 448 g/mol. The quantitative estimate of drug-likeness (QED) is 0.256. The van der Waals surface area contributed by atoms with Crippen LogP contribution in [0.2, 0.25) is 5.02 Å². The number of ketones is 1. The van der Waals surface area contributed by atoms with Crippen LogP contribution >= 0.6 is 23.8 Å². The Hall–Kier alpha value is -3.55. The molecule has 1 aliphatic rings. The number of thiocarbonyl (C=S) groups is 1. The van der Waals surface area contributed by atoms with E-state index in [0.29, 0.717) is 33.4 Å². The number of amides is 2. The number of hydrogen-bond donors (Lipinski definition) is 1. The lowest BCUT2D eigenvalue weighted by atomic mass is 10.1. The van der Waals surface area contributed by atoms with Crippen LogP contribution < -0.4 is 10.2 Å². The van der Waals surface area contributed by atoms with E-state index in [2.05, 4.69) is 5.32 Å². The van der Waals surface area contributed by atoms with Crippen molar-refractivity contribution in [2.45, 2.75) is 13.8 Å². The number of benzene rings is 2. The molecule has 1 saturated heterocycles. The zero-order valence-corrected chi connectivity index (χ0v) is 18.7. The number of carbonyl (C=O) groups is 3. The van der Waals surface area contributed by atoms with Crippen LogP contribution in [-0.4, -0.2) is 22.7 Å². The first-order valence-corrected chi connectivity index (χ1v) is 10.4. The molecule has 160 valence electrons.